The summed E-state index contributed by atoms with van der Waals surface area (Å²) in [5, 5.41) is 9.29. The molecule has 2 heterocycles. The van der Waals surface area contributed by atoms with Gasteiger partial charge in [-0.25, -0.2) is 9.48 Å². The Morgan fingerprint density at radius 3 is 2.60 bits per heavy atom. The van der Waals surface area contributed by atoms with Crippen molar-refractivity contribution in [2.45, 2.75) is 50.4 Å². The number of methoxy groups -OCH3 is 1. The van der Waals surface area contributed by atoms with Gasteiger partial charge >= 0.3 is 5.97 Å². The lowest BCUT2D eigenvalue weighted by molar-refractivity contribution is -0.143. The number of ether oxygens (including phenoxy) is 3. The molecule has 8 nitrogen and oxygen atoms in total. The fourth-order valence-electron chi connectivity index (χ4n) is 4.52. The Morgan fingerprint density at radius 1 is 1.12 bits per heavy atom. The number of carbonyl (C=O) groups is 1. The van der Waals surface area contributed by atoms with Crippen LogP contribution in [0.15, 0.2) is 87.6 Å². The highest BCUT2D eigenvalue weighted by atomic mass is 79.9. The molecule has 0 saturated heterocycles. The van der Waals surface area contributed by atoms with Crippen LogP contribution in [0.4, 0.5) is 5.95 Å². The molecule has 1 aliphatic heterocycles. The van der Waals surface area contributed by atoms with E-state index in [1.807, 2.05) is 87.5 Å². The summed E-state index contributed by atoms with van der Waals surface area (Å²) in [6, 6.07) is 20.6. The minimum absolute atomic E-state index is 0.291. The molecule has 0 radical (unpaired) electrons. The highest BCUT2D eigenvalue weighted by molar-refractivity contribution is 9.10. The predicted octanol–water partition coefficient (Wildman–Crippen LogP) is 7.81. The predicted molar refractivity (Wildman–Crippen MR) is 168 cm³/mol. The van der Waals surface area contributed by atoms with E-state index in [0.29, 0.717) is 51.3 Å². The third kappa shape index (κ3) is 6.77. The van der Waals surface area contributed by atoms with Gasteiger partial charge in [-0.2, -0.15) is 4.98 Å². The average Bonchev–Trinajstić information content (AvgIpc) is 3.37. The molecule has 1 unspecified atom stereocenters. The number of nitrogens with zero attached hydrogens (tertiary/aromatic N) is 3. The van der Waals surface area contributed by atoms with Crippen molar-refractivity contribution in [3.63, 3.8) is 0 Å². The number of nitrogens with one attached hydrogen (secondary N) is 1. The summed E-state index contributed by atoms with van der Waals surface area (Å²) in [5.41, 5.74) is 3.86. The molecule has 1 atom stereocenters. The molecule has 1 aliphatic rings. The van der Waals surface area contributed by atoms with E-state index < -0.39 is 12.0 Å². The minimum Gasteiger partial charge on any atom is -0.493 e. The van der Waals surface area contributed by atoms with E-state index in [1.165, 1.54) is 11.8 Å². The molecule has 0 spiro atoms. The number of halogens is 2. The van der Waals surface area contributed by atoms with Crippen LogP contribution in [-0.2, 0) is 21.9 Å². The molecular formula is C31H30BrClN4O4S. The first-order valence-electron chi connectivity index (χ1n) is 13.3. The fourth-order valence-corrected chi connectivity index (χ4v) is 5.89. The number of hydrogen-bond acceptors (Lipinski definition) is 8. The van der Waals surface area contributed by atoms with Crippen molar-refractivity contribution in [1.29, 1.82) is 0 Å². The van der Waals surface area contributed by atoms with Gasteiger partial charge in [0.05, 0.1) is 18.8 Å². The second-order valence-electron chi connectivity index (χ2n) is 9.89. The smallest absolute Gasteiger partial charge is 0.338 e. The maximum absolute atomic E-state index is 13.4. The topological polar surface area (TPSA) is 87.5 Å². The first-order valence-corrected chi connectivity index (χ1v) is 15.5. The van der Waals surface area contributed by atoms with Crippen molar-refractivity contribution in [3.8, 4) is 11.5 Å². The van der Waals surface area contributed by atoms with Gasteiger partial charge in [0.1, 0.15) is 12.6 Å². The van der Waals surface area contributed by atoms with E-state index in [4.69, 9.17) is 35.9 Å². The van der Waals surface area contributed by atoms with Gasteiger partial charge in [-0.05, 0) is 67.8 Å². The molecule has 0 amide bonds. The van der Waals surface area contributed by atoms with Gasteiger partial charge in [0, 0.05) is 20.9 Å². The molecule has 1 N–H and O–H groups in total. The lowest BCUT2D eigenvalue weighted by Crippen LogP contribution is -2.30. The van der Waals surface area contributed by atoms with E-state index in [1.54, 1.807) is 11.8 Å². The summed E-state index contributed by atoms with van der Waals surface area (Å²) in [5.74, 6) is 1.81. The normalized spacial score (nSPS) is 14.4. The number of carbonyl (C=O) groups excluding carboxylic acids is 1. The van der Waals surface area contributed by atoms with Crippen LogP contribution in [0.3, 0.4) is 0 Å². The van der Waals surface area contributed by atoms with Crippen molar-refractivity contribution in [3.05, 3.63) is 104 Å². The van der Waals surface area contributed by atoms with Crippen LogP contribution in [0.1, 0.15) is 43.5 Å². The van der Waals surface area contributed by atoms with E-state index in [-0.39, 0.29) is 6.10 Å². The number of anilines is 1. The SMILES string of the molecule is COc1cc(C2C(C(=O)OC(C)C)=C(C)Nc3nc(SCc4ccccc4Cl)nn32)ccc1OCc1ccc(Br)cc1. The molecule has 11 heteroatoms. The minimum atomic E-state index is -0.607. The van der Waals surface area contributed by atoms with Crippen molar-refractivity contribution in [2.24, 2.45) is 0 Å². The van der Waals surface area contributed by atoms with Crippen LogP contribution >= 0.6 is 39.3 Å². The monoisotopic (exact) mass is 668 g/mol. The van der Waals surface area contributed by atoms with Crippen LogP contribution in [-0.4, -0.2) is 33.9 Å². The number of fused-ring (bicyclic) bond motifs is 1. The molecule has 5 rings (SSSR count). The molecular weight excluding hydrogens is 640 g/mol. The Hall–Kier alpha value is -3.47. The fraction of sp³-hybridized carbons (Fsp3) is 0.258. The number of esters is 1. The van der Waals surface area contributed by atoms with Crippen LogP contribution in [0.2, 0.25) is 5.02 Å². The Bertz CT molecular complexity index is 1620. The maximum atomic E-state index is 13.4. The molecule has 0 bridgehead atoms. The quantitative estimate of drug-likeness (QED) is 0.135. The molecule has 0 fully saturated rings. The van der Waals surface area contributed by atoms with Crippen LogP contribution in [0.5, 0.6) is 11.5 Å². The maximum Gasteiger partial charge on any atom is 0.338 e. The molecule has 218 valence electrons. The number of hydrogen-bond donors (Lipinski definition) is 1. The second-order valence-corrected chi connectivity index (χ2v) is 12.2. The molecule has 1 aromatic heterocycles. The second kappa shape index (κ2) is 13.2. The average molecular weight is 670 g/mol. The van der Waals surface area contributed by atoms with Crippen molar-refractivity contribution in [1.82, 2.24) is 14.8 Å². The largest absolute Gasteiger partial charge is 0.493 e. The van der Waals surface area contributed by atoms with E-state index in [2.05, 4.69) is 21.2 Å². The van der Waals surface area contributed by atoms with Crippen LogP contribution in [0.25, 0.3) is 0 Å². The van der Waals surface area contributed by atoms with Gasteiger partial charge in [-0.15, -0.1) is 5.10 Å². The summed E-state index contributed by atoms with van der Waals surface area (Å²) in [6.45, 7) is 5.86. The lowest BCUT2D eigenvalue weighted by atomic mass is 9.95. The van der Waals surface area contributed by atoms with Gasteiger partial charge in [-0.1, -0.05) is 75.7 Å². The summed E-state index contributed by atoms with van der Waals surface area (Å²) >= 11 is 11.3. The van der Waals surface area contributed by atoms with Crippen LogP contribution in [0, 0.1) is 0 Å². The Kier molecular flexibility index (Phi) is 9.45. The summed E-state index contributed by atoms with van der Waals surface area (Å²) in [6.07, 6.45) is -0.291. The molecule has 4 aromatic rings. The number of aromatic nitrogens is 3. The highest BCUT2D eigenvalue weighted by Gasteiger charge is 2.36. The summed E-state index contributed by atoms with van der Waals surface area (Å²) < 4.78 is 20.2. The Morgan fingerprint density at radius 2 is 1.88 bits per heavy atom. The van der Waals surface area contributed by atoms with Gasteiger partial charge in [0.2, 0.25) is 11.1 Å². The van der Waals surface area contributed by atoms with Gasteiger partial charge in [0.15, 0.2) is 11.5 Å². The van der Waals surface area contributed by atoms with Crippen molar-refractivity contribution < 1.29 is 19.0 Å². The third-order valence-electron chi connectivity index (χ3n) is 6.52. The van der Waals surface area contributed by atoms with Crippen molar-refractivity contribution in [2.75, 3.05) is 12.4 Å². The van der Waals surface area contributed by atoms with Crippen molar-refractivity contribution >= 4 is 51.2 Å². The zero-order valence-electron chi connectivity index (χ0n) is 23.6. The number of benzene rings is 3. The van der Waals surface area contributed by atoms with Crippen LogP contribution < -0.4 is 14.8 Å². The summed E-state index contributed by atoms with van der Waals surface area (Å²) in [7, 11) is 1.59. The third-order valence-corrected chi connectivity index (χ3v) is 8.31. The van der Waals surface area contributed by atoms with Gasteiger partial charge < -0.3 is 19.5 Å². The molecule has 3 aromatic carbocycles. The van der Waals surface area contributed by atoms with Gasteiger partial charge in [0.25, 0.3) is 0 Å². The summed E-state index contributed by atoms with van der Waals surface area (Å²) in [4.78, 5) is 18.1. The molecule has 0 saturated carbocycles. The standard InChI is InChI=1S/C31H30BrClN4O4S/c1-18(2)41-29(38)27-19(3)34-30-35-31(42-17-22-7-5-6-8-24(22)33)36-37(30)28(27)21-11-14-25(26(15-21)39-4)40-16-20-9-12-23(32)13-10-20/h5-15,18,28H,16-17H2,1-4H3,(H,34,35,36). The highest BCUT2D eigenvalue weighted by Crippen LogP contribution is 2.40. The van der Waals surface area contributed by atoms with E-state index in [9.17, 15) is 4.79 Å². The first-order chi connectivity index (χ1) is 20.2. The molecule has 42 heavy (non-hydrogen) atoms. The number of thioether (sulfide) groups is 1. The zero-order chi connectivity index (χ0) is 29.8. The van der Waals surface area contributed by atoms with Gasteiger partial charge in [-0.3, -0.25) is 0 Å². The molecule has 0 aliphatic carbocycles. The van der Waals surface area contributed by atoms with E-state index >= 15 is 0 Å². The Balaban J connectivity index is 1.48. The lowest BCUT2D eigenvalue weighted by Gasteiger charge is -2.29. The number of allylic oxidation sites excluding steroid dienone is 1. The Labute approximate surface area is 262 Å². The zero-order valence-corrected chi connectivity index (χ0v) is 26.7. The number of rotatable bonds is 10. The van der Waals surface area contributed by atoms with E-state index in [0.717, 1.165) is 21.2 Å². The first kappa shape index (κ1) is 30.0.